The predicted octanol–water partition coefficient (Wildman–Crippen LogP) is 5.31. The first-order chi connectivity index (χ1) is 14.2. The normalized spacial score (nSPS) is 14.4. The zero-order valence-electron chi connectivity index (χ0n) is 16.6. The maximum atomic E-state index is 12.5. The molecule has 1 aromatic heterocycles. The Morgan fingerprint density at radius 2 is 1.66 bits per heavy atom. The smallest absolute Gasteiger partial charge is 0.257 e. The SMILES string of the molecule is CC1CCN(c2ccc(NC(=O)c3ccc(Nc4ccccc4)nc3)cc2)CC1. The number of carbonyl (C=O) groups is 1. The molecule has 2 heterocycles. The Balaban J connectivity index is 1.35. The highest BCUT2D eigenvalue weighted by Gasteiger charge is 2.16. The van der Waals surface area contributed by atoms with Gasteiger partial charge in [0.05, 0.1) is 5.56 Å². The van der Waals surface area contributed by atoms with Crippen LogP contribution in [0.25, 0.3) is 0 Å². The first-order valence-corrected chi connectivity index (χ1v) is 10.1. The van der Waals surface area contributed by atoms with Gasteiger partial charge in [-0.3, -0.25) is 4.79 Å². The van der Waals surface area contributed by atoms with Crippen LogP contribution < -0.4 is 15.5 Å². The Hall–Kier alpha value is -3.34. The molecule has 0 bridgehead atoms. The van der Waals surface area contributed by atoms with Gasteiger partial charge >= 0.3 is 0 Å². The molecule has 1 fully saturated rings. The van der Waals surface area contributed by atoms with Crippen LogP contribution in [0.2, 0.25) is 0 Å². The van der Waals surface area contributed by atoms with Gasteiger partial charge in [0.2, 0.25) is 0 Å². The van der Waals surface area contributed by atoms with Crippen LogP contribution in [0.15, 0.2) is 72.9 Å². The maximum absolute atomic E-state index is 12.5. The number of nitrogens with zero attached hydrogens (tertiary/aromatic N) is 2. The van der Waals surface area contributed by atoms with E-state index in [1.54, 1.807) is 12.3 Å². The summed E-state index contributed by atoms with van der Waals surface area (Å²) in [7, 11) is 0. The minimum absolute atomic E-state index is 0.164. The van der Waals surface area contributed by atoms with Crippen LogP contribution in [0.4, 0.5) is 22.9 Å². The minimum atomic E-state index is -0.164. The van der Waals surface area contributed by atoms with Crippen molar-refractivity contribution >= 4 is 28.8 Å². The lowest BCUT2D eigenvalue weighted by molar-refractivity contribution is 0.102. The summed E-state index contributed by atoms with van der Waals surface area (Å²) in [5, 5.41) is 6.16. The molecule has 2 aromatic carbocycles. The van der Waals surface area contributed by atoms with Crippen molar-refractivity contribution in [3.05, 3.63) is 78.5 Å². The number of pyridine rings is 1. The second-order valence-corrected chi connectivity index (χ2v) is 7.59. The lowest BCUT2D eigenvalue weighted by atomic mass is 9.99. The van der Waals surface area contributed by atoms with Crippen LogP contribution in [0.3, 0.4) is 0 Å². The number of rotatable bonds is 5. The quantitative estimate of drug-likeness (QED) is 0.624. The number of hydrogen-bond acceptors (Lipinski definition) is 4. The molecule has 148 valence electrons. The molecule has 29 heavy (non-hydrogen) atoms. The van der Waals surface area contributed by atoms with Gasteiger partial charge in [-0.25, -0.2) is 4.98 Å². The van der Waals surface area contributed by atoms with E-state index in [2.05, 4.69) is 39.6 Å². The molecule has 5 nitrogen and oxygen atoms in total. The number of aromatic nitrogens is 1. The van der Waals surface area contributed by atoms with Gasteiger partial charge in [-0.2, -0.15) is 0 Å². The fourth-order valence-electron chi connectivity index (χ4n) is 3.50. The molecule has 1 saturated heterocycles. The van der Waals surface area contributed by atoms with Crippen LogP contribution in [0.5, 0.6) is 0 Å². The second kappa shape index (κ2) is 8.78. The van der Waals surface area contributed by atoms with Crippen molar-refractivity contribution in [3.63, 3.8) is 0 Å². The Morgan fingerprint density at radius 1 is 0.931 bits per heavy atom. The lowest BCUT2D eigenvalue weighted by Crippen LogP contribution is -2.32. The number of benzene rings is 2. The number of amides is 1. The molecule has 5 heteroatoms. The van der Waals surface area contributed by atoms with E-state index in [0.717, 1.165) is 30.4 Å². The van der Waals surface area contributed by atoms with E-state index in [1.165, 1.54) is 18.5 Å². The van der Waals surface area contributed by atoms with Gasteiger partial charge in [0.15, 0.2) is 0 Å². The van der Waals surface area contributed by atoms with Crippen molar-refractivity contribution in [3.8, 4) is 0 Å². The summed E-state index contributed by atoms with van der Waals surface area (Å²) < 4.78 is 0. The first-order valence-electron chi connectivity index (χ1n) is 10.1. The van der Waals surface area contributed by atoms with E-state index in [0.29, 0.717) is 11.4 Å². The summed E-state index contributed by atoms with van der Waals surface area (Å²) in [6.07, 6.45) is 4.06. The molecule has 2 N–H and O–H groups in total. The zero-order valence-corrected chi connectivity index (χ0v) is 16.6. The predicted molar refractivity (Wildman–Crippen MR) is 119 cm³/mol. The van der Waals surface area contributed by atoms with Gasteiger partial charge < -0.3 is 15.5 Å². The molecule has 1 aliphatic rings. The largest absolute Gasteiger partial charge is 0.372 e. The van der Waals surface area contributed by atoms with Gasteiger partial charge in [-0.15, -0.1) is 0 Å². The van der Waals surface area contributed by atoms with E-state index in [1.807, 2.05) is 48.5 Å². The standard InChI is InChI=1S/C24H26N4O/c1-18-13-15-28(16-14-18)22-10-8-21(9-11-22)27-24(29)19-7-12-23(25-17-19)26-20-5-3-2-4-6-20/h2-12,17-18H,13-16H2,1H3,(H,25,26)(H,27,29). The highest BCUT2D eigenvalue weighted by molar-refractivity contribution is 6.04. The summed E-state index contributed by atoms with van der Waals surface area (Å²) in [4.78, 5) is 19.3. The van der Waals surface area contributed by atoms with E-state index in [-0.39, 0.29) is 5.91 Å². The highest BCUT2D eigenvalue weighted by Crippen LogP contribution is 2.24. The number of nitrogens with one attached hydrogen (secondary N) is 2. The summed E-state index contributed by atoms with van der Waals surface area (Å²) in [6.45, 7) is 4.51. The van der Waals surface area contributed by atoms with Crippen LogP contribution in [0.1, 0.15) is 30.1 Å². The third-order valence-corrected chi connectivity index (χ3v) is 5.35. The van der Waals surface area contributed by atoms with E-state index >= 15 is 0 Å². The van der Waals surface area contributed by atoms with Crippen molar-refractivity contribution in [2.75, 3.05) is 28.6 Å². The molecule has 1 amide bonds. The van der Waals surface area contributed by atoms with Crippen molar-refractivity contribution < 1.29 is 4.79 Å². The van der Waals surface area contributed by atoms with Gasteiger partial charge in [-0.1, -0.05) is 25.1 Å². The molecule has 1 aliphatic heterocycles. The molecule has 4 rings (SSSR count). The van der Waals surface area contributed by atoms with Crippen molar-refractivity contribution in [2.24, 2.45) is 5.92 Å². The molecule has 0 unspecified atom stereocenters. The average Bonchev–Trinajstić information content (AvgIpc) is 2.76. The Bertz CT molecular complexity index is 931. The summed E-state index contributed by atoms with van der Waals surface area (Å²) in [5.74, 6) is 1.35. The van der Waals surface area contributed by atoms with Gasteiger partial charge in [0.25, 0.3) is 5.91 Å². The molecule has 0 aliphatic carbocycles. The van der Waals surface area contributed by atoms with Crippen molar-refractivity contribution in [2.45, 2.75) is 19.8 Å². The molecular formula is C24H26N4O. The first kappa shape index (κ1) is 19.0. The summed E-state index contributed by atoms with van der Waals surface area (Å²) >= 11 is 0. The Morgan fingerprint density at radius 3 is 2.31 bits per heavy atom. The lowest BCUT2D eigenvalue weighted by Gasteiger charge is -2.32. The van der Waals surface area contributed by atoms with Gasteiger partial charge in [0.1, 0.15) is 5.82 Å². The average molecular weight is 386 g/mol. The fraction of sp³-hybridized carbons (Fsp3) is 0.250. The highest BCUT2D eigenvalue weighted by atomic mass is 16.1. The molecule has 0 saturated carbocycles. The number of para-hydroxylation sites is 1. The molecular weight excluding hydrogens is 360 g/mol. The van der Waals surface area contributed by atoms with Gasteiger partial charge in [0, 0.05) is 36.3 Å². The zero-order chi connectivity index (χ0) is 20.1. The third-order valence-electron chi connectivity index (χ3n) is 5.35. The van der Waals surface area contributed by atoms with Crippen LogP contribution in [-0.4, -0.2) is 24.0 Å². The number of anilines is 4. The maximum Gasteiger partial charge on any atom is 0.257 e. The van der Waals surface area contributed by atoms with Crippen LogP contribution in [-0.2, 0) is 0 Å². The van der Waals surface area contributed by atoms with Crippen molar-refractivity contribution in [1.29, 1.82) is 0 Å². The van der Waals surface area contributed by atoms with Crippen molar-refractivity contribution in [1.82, 2.24) is 4.98 Å². The molecule has 0 spiro atoms. The summed E-state index contributed by atoms with van der Waals surface area (Å²) in [6, 6.07) is 21.5. The Kier molecular flexibility index (Phi) is 5.75. The third kappa shape index (κ3) is 4.93. The number of carbonyl (C=O) groups excluding carboxylic acids is 1. The molecule has 0 radical (unpaired) electrons. The Labute approximate surface area is 171 Å². The van der Waals surface area contributed by atoms with E-state index < -0.39 is 0 Å². The fourth-order valence-corrected chi connectivity index (χ4v) is 3.50. The van der Waals surface area contributed by atoms with Crippen LogP contribution in [0, 0.1) is 5.92 Å². The second-order valence-electron chi connectivity index (χ2n) is 7.59. The molecule has 0 atom stereocenters. The van der Waals surface area contributed by atoms with E-state index in [9.17, 15) is 4.79 Å². The number of piperidine rings is 1. The minimum Gasteiger partial charge on any atom is -0.372 e. The van der Waals surface area contributed by atoms with Gasteiger partial charge in [-0.05, 0) is 67.3 Å². The topological polar surface area (TPSA) is 57.3 Å². The van der Waals surface area contributed by atoms with E-state index in [4.69, 9.17) is 0 Å². The molecule has 3 aromatic rings. The monoisotopic (exact) mass is 386 g/mol. The van der Waals surface area contributed by atoms with Crippen LogP contribution >= 0.6 is 0 Å². The number of hydrogen-bond donors (Lipinski definition) is 2. The summed E-state index contributed by atoms with van der Waals surface area (Å²) in [5.41, 5.74) is 3.49.